The van der Waals surface area contributed by atoms with Gasteiger partial charge >= 0.3 is 0 Å². The number of anilines is 2. The van der Waals surface area contributed by atoms with Gasteiger partial charge in [0.25, 0.3) is 5.91 Å². The van der Waals surface area contributed by atoms with E-state index in [9.17, 15) is 4.79 Å². The standard InChI is InChI=1S/C18H22N2O3S/c1-12-6-7-14(19-16(21)13-8-9-24-11-13)10-15(12)20-22-17(2,3)18(4,5)23-20/h6-11H,1-5H3,(H,19,21). The molecule has 24 heavy (non-hydrogen) atoms. The second-order valence-electron chi connectivity index (χ2n) is 6.93. The van der Waals surface area contributed by atoms with Crippen molar-refractivity contribution in [1.82, 2.24) is 0 Å². The Hall–Kier alpha value is -1.89. The van der Waals surface area contributed by atoms with Crippen LogP contribution in [0.15, 0.2) is 35.0 Å². The molecule has 3 rings (SSSR count). The fourth-order valence-electron chi connectivity index (χ4n) is 2.23. The summed E-state index contributed by atoms with van der Waals surface area (Å²) >= 11 is 1.49. The quantitative estimate of drug-likeness (QED) is 0.886. The lowest BCUT2D eigenvalue weighted by atomic mass is 9.90. The molecule has 2 heterocycles. The van der Waals surface area contributed by atoms with Crippen molar-refractivity contribution in [3.63, 3.8) is 0 Å². The predicted molar refractivity (Wildman–Crippen MR) is 96.3 cm³/mol. The minimum Gasteiger partial charge on any atom is -0.322 e. The Bertz CT molecular complexity index is 738. The van der Waals surface area contributed by atoms with E-state index in [-0.39, 0.29) is 5.91 Å². The number of hydrogen-bond acceptors (Lipinski definition) is 5. The van der Waals surface area contributed by atoms with E-state index in [1.165, 1.54) is 16.6 Å². The Kier molecular flexibility index (Phi) is 4.15. The van der Waals surface area contributed by atoms with Crippen molar-refractivity contribution < 1.29 is 14.5 Å². The van der Waals surface area contributed by atoms with Gasteiger partial charge < -0.3 is 5.32 Å². The monoisotopic (exact) mass is 346 g/mol. The molecule has 1 aliphatic heterocycles. The van der Waals surface area contributed by atoms with Gasteiger partial charge in [-0.25, -0.2) is 9.68 Å². The smallest absolute Gasteiger partial charge is 0.256 e. The largest absolute Gasteiger partial charge is 0.322 e. The molecular weight excluding hydrogens is 324 g/mol. The van der Waals surface area contributed by atoms with Crippen molar-refractivity contribution in [1.29, 1.82) is 0 Å². The number of carbonyl (C=O) groups is 1. The first-order valence-corrected chi connectivity index (χ1v) is 8.76. The molecule has 0 bridgehead atoms. The van der Waals surface area contributed by atoms with Crippen LogP contribution in [0, 0.1) is 6.92 Å². The summed E-state index contributed by atoms with van der Waals surface area (Å²) in [7, 11) is 0. The van der Waals surface area contributed by atoms with Crippen molar-refractivity contribution in [2.45, 2.75) is 45.8 Å². The highest BCUT2D eigenvalue weighted by atomic mass is 32.1. The van der Waals surface area contributed by atoms with Crippen molar-refractivity contribution in [2.24, 2.45) is 0 Å². The molecule has 1 N–H and O–H groups in total. The summed E-state index contributed by atoms with van der Waals surface area (Å²) in [4.78, 5) is 24.1. The first-order valence-electron chi connectivity index (χ1n) is 7.82. The molecule has 1 saturated heterocycles. The van der Waals surface area contributed by atoms with E-state index in [2.05, 4.69) is 5.32 Å². The molecule has 6 heteroatoms. The summed E-state index contributed by atoms with van der Waals surface area (Å²) in [5, 5.41) is 8.06. The predicted octanol–water partition coefficient (Wildman–Crippen LogP) is 4.55. The first kappa shape index (κ1) is 17.0. The third-order valence-corrected chi connectivity index (χ3v) is 5.20. The lowest BCUT2D eigenvalue weighted by Crippen LogP contribution is -2.41. The molecule has 5 nitrogen and oxygen atoms in total. The highest BCUT2D eigenvalue weighted by Crippen LogP contribution is 2.41. The number of rotatable bonds is 3. The van der Waals surface area contributed by atoms with Gasteiger partial charge in [0.2, 0.25) is 0 Å². The van der Waals surface area contributed by atoms with Gasteiger partial charge in [-0.05, 0) is 63.8 Å². The molecule has 128 valence electrons. The van der Waals surface area contributed by atoms with Crippen LogP contribution >= 0.6 is 11.3 Å². The summed E-state index contributed by atoms with van der Waals surface area (Å²) in [5.41, 5.74) is 2.19. The maximum absolute atomic E-state index is 12.2. The van der Waals surface area contributed by atoms with Crippen LogP contribution in [0.2, 0.25) is 0 Å². The Labute approximate surface area is 146 Å². The van der Waals surface area contributed by atoms with Gasteiger partial charge in [0.05, 0.1) is 11.3 Å². The number of hydrogen-bond donors (Lipinski definition) is 1. The topological polar surface area (TPSA) is 50.8 Å². The van der Waals surface area contributed by atoms with E-state index in [4.69, 9.17) is 9.68 Å². The number of benzene rings is 1. The molecule has 0 aliphatic carbocycles. The van der Waals surface area contributed by atoms with Gasteiger partial charge in [-0.2, -0.15) is 11.3 Å². The molecule has 0 radical (unpaired) electrons. The molecule has 1 aliphatic rings. The van der Waals surface area contributed by atoms with Gasteiger partial charge in [-0.1, -0.05) is 6.07 Å². The molecule has 1 amide bonds. The van der Waals surface area contributed by atoms with Gasteiger partial charge in [0, 0.05) is 11.1 Å². The zero-order chi connectivity index (χ0) is 17.5. The van der Waals surface area contributed by atoms with E-state index < -0.39 is 11.2 Å². The van der Waals surface area contributed by atoms with Crippen molar-refractivity contribution in [3.8, 4) is 0 Å². The maximum atomic E-state index is 12.2. The van der Waals surface area contributed by atoms with Gasteiger partial charge in [-0.15, -0.1) is 5.23 Å². The lowest BCUT2D eigenvalue weighted by molar-refractivity contribution is -0.0275. The average Bonchev–Trinajstić information content (AvgIpc) is 3.08. The van der Waals surface area contributed by atoms with Crippen LogP contribution in [0.3, 0.4) is 0 Å². The van der Waals surface area contributed by atoms with Crippen molar-refractivity contribution >= 4 is 28.6 Å². The zero-order valence-electron chi connectivity index (χ0n) is 14.5. The second-order valence-corrected chi connectivity index (χ2v) is 7.71. The fraction of sp³-hybridized carbons (Fsp3) is 0.389. The van der Waals surface area contributed by atoms with E-state index in [0.29, 0.717) is 11.3 Å². The lowest BCUT2D eigenvalue weighted by Gasteiger charge is -2.26. The van der Waals surface area contributed by atoms with Crippen LogP contribution < -0.4 is 10.5 Å². The molecule has 1 aromatic carbocycles. The number of thiophene rings is 1. The average molecular weight is 346 g/mol. The third kappa shape index (κ3) is 3.05. The van der Waals surface area contributed by atoms with Gasteiger partial charge in [0.15, 0.2) is 0 Å². The Balaban J connectivity index is 1.84. The SMILES string of the molecule is Cc1ccc(NC(=O)c2ccsc2)cc1N1OC(C)(C)C(C)(C)O1. The highest BCUT2D eigenvalue weighted by Gasteiger charge is 2.50. The Morgan fingerprint density at radius 1 is 1.12 bits per heavy atom. The number of aryl methyl sites for hydroxylation is 1. The molecule has 1 aromatic heterocycles. The van der Waals surface area contributed by atoms with E-state index in [1.807, 2.05) is 63.6 Å². The molecule has 0 spiro atoms. The van der Waals surface area contributed by atoms with Crippen LogP contribution in [0.1, 0.15) is 43.6 Å². The molecule has 0 atom stereocenters. The van der Waals surface area contributed by atoms with Gasteiger partial charge in [-0.3, -0.25) is 4.79 Å². The van der Waals surface area contributed by atoms with Crippen LogP contribution in [-0.2, 0) is 9.68 Å². The fourth-order valence-corrected chi connectivity index (χ4v) is 2.87. The number of nitrogens with one attached hydrogen (secondary N) is 1. The number of amides is 1. The number of carbonyl (C=O) groups excluding carboxylic acids is 1. The summed E-state index contributed by atoms with van der Waals surface area (Å²) < 4.78 is 0. The molecule has 2 aromatic rings. The van der Waals surface area contributed by atoms with Crippen LogP contribution in [0.5, 0.6) is 0 Å². The minimum atomic E-state index is -0.463. The maximum Gasteiger partial charge on any atom is 0.256 e. The number of nitrogens with zero attached hydrogens (tertiary/aromatic N) is 1. The van der Waals surface area contributed by atoms with E-state index >= 15 is 0 Å². The molecule has 1 fully saturated rings. The molecule has 0 saturated carbocycles. The summed E-state index contributed by atoms with van der Waals surface area (Å²) in [6.45, 7) is 9.94. The molecular formula is C18H22N2O3S. The Morgan fingerprint density at radius 3 is 2.38 bits per heavy atom. The Morgan fingerprint density at radius 2 is 1.79 bits per heavy atom. The van der Waals surface area contributed by atoms with E-state index in [0.717, 1.165) is 11.3 Å². The highest BCUT2D eigenvalue weighted by molar-refractivity contribution is 7.08. The van der Waals surface area contributed by atoms with Crippen molar-refractivity contribution in [3.05, 3.63) is 46.2 Å². The van der Waals surface area contributed by atoms with E-state index in [1.54, 1.807) is 6.07 Å². The summed E-state index contributed by atoms with van der Waals surface area (Å²) in [5.74, 6) is -0.130. The third-order valence-electron chi connectivity index (χ3n) is 4.52. The molecule has 0 unspecified atom stereocenters. The van der Waals surface area contributed by atoms with Crippen molar-refractivity contribution in [2.75, 3.05) is 10.5 Å². The zero-order valence-corrected chi connectivity index (χ0v) is 15.4. The normalized spacial score (nSPS) is 18.6. The van der Waals surface area contributed by atoms with Crippen LogP contribution in [-0.4, -0.2) is 17.1 Å². The van der Waals surface area contributed by atoms with Crippen LogP contribution in [0.4, 0.5) is 11.4 Å². The minimum absolute atomic E-state index is 0.130. The second kappa shape index (κ2) is 5.88. The van der Waals surface area contributed by atoms with Gasteiger partial charge in [0.1, 0.15) is 11.2 Å². The summed E-state index contributed by atoms with van der Waals surface area (Å²) in [6, 6.07) is 7.46. The first-order chi connectivity index (χ1) is 11.2. The summed E-state index contributed by atoms with van der Waals surface area (Å²) in [6.07, 6.45) is 0. The van der Waals surface area contributed by atoms with Crippen LogP contribution in [0.25, 0.3) is 0 Å².